The first-order valence-electron chi connectivity index (χ1n) is 11.1. The quantitative estimate of drug-likeness (QED) is 0.630. The average Bonchev–Trinajstić information content (AvgIpc) is 2.97. The monoisotopic (exact) mass is 400 g/mol. The van der Waals surface area contributed by atoms with Gasteiger partial charge in [-0.3, -0.25) is 0 Å². The van der Waals surface area contributed by atoms with Gasteiger partial charge in [-0.1, -0.05) is 25.5 Å². The highest BCUT2D eigenvalue weighted by Gasteiger charge is 2.69. The van der Waals surface area contributed by atoms with Gasteiger partial charge in [0.15, 0.2) is 0 Å². The molecule has 29 heavy (non-hydrogen) atoms. The fourth-order valence-corrected chi connectivity index (χ4v) is 7.77. The highest BCUT2D eigenvalue weighted by Crippen LogP contribution is 2.69. The van der Waals surface area contributed by atoms with Crippen molar-refractivity contribution in [2.45, 2.75) is 82.5 Å². The van der Waals surface area contributed by atoms with E-state index in [1.54, 1.807) is 6.07 Å². The van der Waals surface area contributed by atoms with Gasteiger partial charge in [-0.25, -0.2) is 4.79 Å². The number of fused-ring (bicyclic) bond motifs is 5. The highest BCUT2D eigenvalue weighted by molar-refractivity contribution is 5.32. The molecule has 3 saturated carbocycles. The summed E-state index contributed by atoms with van der Waals surface area (Å²) in [6.07, 6.45) is 8.12. The molecule has 1 aromatic heterocycles. The van der Waals surface area contributed by atoms with Crippen molar-refractivity contribution in [3.8, 4) is 0 Å². The van der Waals surface area contributed by atoms with Gasteiger partial charge < -0.3 is 19.7 Å². The smallest absolute Gasteiger partial charge is 0.335 e. The molecular weight excluding hydrogens is 368 g/mol. The van der Waals surface area contributed by atoms with Gasteiger partial charge in [0.05, 0.1) is 24.1 Å². The molecule has 158 valence electrons. The normalized spacial score (nSPS) is 49.0. The van der Waals surface area contributed by atoms with Crippen molar-refractivity contribution in [1.82, 2.24) is 0 Å². The summed E-state index contributed by atoms with van der Waals surface area (Å²) in [5.41, 5.74) is 0.161. The molecule has 0 spiro atoms. The van der Waals surface area contributed by atoms with Crippen LogP contribution in [-0.2, 0) is 0 Å². The number of hydrogen-bond acceptors (Lipinski definition) is 5. The second-order valence-corrected chi connectivity index (χ2v) is 10.4. The Hall–Kier alpha value is -1.43. The molecule has 8 atom stereocenters. The predicted octanol–water partition coefficient (Wildman–Crippen LogP) is 3.13. The van der Waals surface area contributed by atoms with Crippen LogP contribution < -0.4 is 5.63 Å². The molecule has 3 N–H and O–H groups in total. The van der Waals surface area contributed by atoms with E-state index in [-0.39, 0.29) is 34.9 Å². The minimum absolute atomic E-state index is 0.0364. The summed E-state index contributed by atoms with van der Waals surface area (Å²) in [7, 11) is 0. The summed E-state index contributed by atoms with van der Waals surface area (Å²) in [5, 5.41) is 33.7. The molecule has 5 heteroatoms. The van der Waals surface area contributed by atoms with E-state index in [4.69, 9.17) is 4.42 Å². The first kappa shape index (κ1) is 19.5. The van der Waals surface area contributed by atoms with E-state index in [2.05, 4.69) is 6.92 Å². The van der Waals surface area contributed by atoms with Crippen molar-refractivity contribution in [3.63, 3.8) is 0 Å². The largest absolute Gasteiger partial charge is 0.431 e. The minimum Gasteiger partial charge on any atom is -0.431 e. The molecule has 5 rings (SSSR count). The number of aliphatic hydroxyl groups excluding tert-OH is 2. The third kappa shape index (κ3) is 2.47. The Bertz CT molecular complexity index is 884. The molecule has 0 saturated heterocycles. The van der Waals surface area contributed by atoms with E-state index in [0.717, 1.165) is 37.7 Å². The lowest BCUT2D eigenvalue weighted by atomic mass is 9.44. The molecule has 3 fully saturated rings. The van der Waals surface area contributed by atoms with Crippen LogP contribution >= 0.6 is 0 Å². The Kier molecular flexibility index (Phi) is 4.23. The van der Waals surface area contributed by atoms with Crippen molar-refractivity contribution in [2.75, 3.05) is 0 Å². The van der Waals surface area contributed by atoms with E-state index in [9.17, 15) is 20.1 Å². The third-order valence-corrected chi connectivity index (χ3v) is 9.49. The van der Waals surface area contributed by atoms with Gasteiger partial charge in [-0.2, -0.15) is 0 Å². The molecule has 1 heterocycles. The number of rotatable bonds is 1. The predicted molar refractivity (Wildman–Crippen MR) is 108 cm³/mol. The van der Waals surface area contributed by atoms with Crippen molar-refractivity contribution in [1.29, 1.82) is 0 Å². The maximum atomic E-state index is 12.2. The highest BCUT2D eigenvalue weighted by atomic mass is 16.4. The zero-order chi connectivity index (χ0) is 20.6. The Morgan fingerprint density at radius 2 is 1.86 bits per heavy atom. The van der Waals surface area contributed by atoms with Gasteiger partial charge in [0.25, 0.3) is 0 Å². The Morgan fingerprint density at radius 3 is 2.59 bits per heavy atom. The fraction of sp³-hybridized carbons (Fsp3) is 0.708. The van der Waals surface area contributed by atoms with Gasteiger partial charge in [0.1, 0.15) is 0 Å². The topological polar surface area (TPSA) is 90.9 Å². The van der Waals surface area contributed by atoms with Crippen molar-refractivity contribution < 1.29 is 19.7 Å². The number of allylic oxidation sites excluding steroid dienone is 1. The first-order valence-corrected chi connectivity index (χ1v) is 11.1. The van der Waals surface area contributed by atoms with E-state index in [0.29, 0.717) is 12.8 Å². The molecule has 0 amide bonds. The average molecular weight is 401 g/mol. The standard InChI is InChI=1S/C24H32O5/c1-22-9-7-16(25)11-15(22)4-5-18-19(22)12-20(26)23(2)17(8-10-24(18,23)28)14-3-6-21(27)29-13-14/h3,6,11,13,16-20,25-26,28H,4-5,7-10,12H2,1-2H3/t16-,17+,18+,19-,20-,22-,23-,24-/m0/s1. The maximum absolute atomic E-state index is 12.2. The Balaban J connectivity index is 1.55. The molecule has 4 aliphatic rings. The van der Waals surface area contributed by atoms with Crippen molar-refractivity contribution >= 4 is 0 Å². The van der Waals surface area contributed by atoms with E-state index >= 15 is 0 Å². The van der Waals surface area contributed by atoms with Crippen molar-refractivity contribution in [2.24, 2.45) is 22.7 Å². The lowest BCUT2D eigenvalue weighted by molar-refractivity contribution is -0.222. The van der Waals surface area contributed by atoms with Crippen LogP contribution in [0.3, 0.4) is 0 Å². The maximum Gasteiger partial charge on any atom is 0.335 e. The van der Waals surface area contributed by atoms with Crippen LogP contribution in [0.2, 0.25) is 0 Å². The van der Waals surface area contributed by atoms with Gasteiger partial charge in [-0.05, 0) is 79.7 Å². The summed E-state index contributed by atoms with van der Waals surface area (Å²) in [4.78, 5) is 11.4. The van der Waals surface area contributed by atoms with Crippen LogP contribution in [0.25, 0.3) is 0 Å². The van der Waals surface area contributed by atoms with Crippen LogP contribution in [-0.4, -0.2) is 33.1 Å². The second kappa shape index (κ2) is 6.29. The summed E-state index contributed by atoms with van der Waals surface area (Å²) < 4.78 is 5.12. The van der Waals surface area contributed by atoms with E-state index < -0.39 is 17.1 Å². The summed E-state index contributed by atoms with van der Waals surface area (Å²) in [6.45, 7) is 4.31. The van der Waals surface area contributed by atoms with Crippen LogP contribution in [0.1, 0.15) is 70.3 Å². The zero-order valence-corrected chi connectivity index (χ0v) is 17.3. The van der Waals surface area contributed by atoms with Crippen molar-refractivity contribution in [3.05, 3.63) is 46.0 Å². The summed E-state index contributed by atoms with van der Waals surface area (Å²) >= 11 is 0. The van der Waals surface area contributed by atoms with Gasteiger partial charge in [0.2, 0.25) is 0 Å². The summed E-state index contributed by atoms with van der Waals surface area (Å²) in [5.74, 6) is 0.315. The zero-order valence-electron chi connectivity index (χ0n) is 17.3. The first-order chi connectivity index (χ1) is 13.7. The molecule has 1 aromatic rings. The van der Waals surface area contributed by atoms with Crippen LogP contribution in [0, 0.1) is 22.7 Å². The van der Waals surface area contributed by atoms with E-state index in [1.165, 1.54) is 17.9 Å². The van der Waals surface area contributed by atoms with Crippen LogP contribution in [0.5, 0.6) is 0 Å². The fourth-order valence-electron chi connectivity index (χ4n) is 7.77. The lowest BCUT2D eigenvalue weighted by Crippen LogP contribution is -2.65. The van der Waals surface area contributed by atoms with Gasteiger partial charge in [0, 0.05) is 11.5 Å². The molecule has 0 aliphatic heterocycles. The molecule has 4 aliphatic carbocycles. The Morgan fingerprint density at radius 1 is 1.07 bits per heavy atom. The van der Waals surface area contributed by atoms with Crippen LogP contribution in [0.15, 0.2) is 39.3 Å². The summed E-state index contributed by atoms with van der Waals surface area (Å²) in [6, 6.07) is 3.22. The van der Waals surface area contributed by atoms with Gasteiger partial charge >= 0.3 is 5.63 Å². The molecule has 0 radical (unpaired) electrons. The Labute approximate surface area is 171 Å². The molecule has 0 aromatic carbocycles. The van der Waals surface area contributed by atoms with Crippen LogP contribution in [0.4, 0.5) is 0 Å². The minimum atomic E-state index is -0.944. The number of hydrogen-bond donors (Lipinski definition) is 3. The van der Waals surface area contributed by atoms with E-state index in [1.807, 2.05) is 13.0 Å². The third-order valence-electron chi connectivity index (χ3n) is 9.49. The molecular formula is C24H32O5. The lowest BCUT2D eigenvalue weighted by Gasteiger charge is -2.63. The SMILES string of the molecule is C[C@@]12[C@@H](c3ccc(=O)oc3)CC[C@]1(O)[C@@H]1CCC3=C[C@@H](O)CC[C@]3(C)[C@H]1C[C@@H]2O. The molecule has 0 unspecified atom stereocenters. The second-order valence-electron chi connectivity index (χ2n) is 10.4. The molecule has 0 bridgehead atoms. The number of aliphatic hydroxyl groups is 3. The van der Waals surface area contributed by atoms with Gasteiger partial charge in [-0.15, -0.1) is 0 Å². The molecule has 5 nitrogen and oxygen atoms in total.